The zero-order valence-corrected chi connectivity index (χ0v) is 6.84. The van der Waals surface area contributed by atoms with E-state index in [1.807, 2.05) is 0 Å². The monoisotopic (exact) mass is 202 g/mol. The van der Waals surface area contributed by atoms with E-state index in [0.717, 1.165) is 0 Å². The van der Waals surface area contributed by atoms with E-state index in [1.165, 1.54) is 12.5 Å². The summed E-state index contributed by atoms with van der Waals surface area (Å²) >= 11 is 0. The van der Waals surface area contributed by atoms with Crippen LogP contribution in [-0.2, 0) is 6.42 Å². The molecule has 2 aromatic heterocycles. The maximum absolute atomic E-state index is 12.0. The minimum Gasteiger partial charge on any atom is -0.339 e. The lowest BCUT2D eigenvalue weighted by molar-refractivity contribution is -0.128. The molecule has 0 aliphatic rings. The highest BCUT2D eigenvalue weighted by molar-refractivity contribution is 5.68. The molecule has 0 unspecified atom stereocenters. The first-order valence-electron chi connectivity index (χ1n) is 3.76. The van der Waals surface area contributed by atoms with Crippen LogP contribution in [0.4, 0.5) is 13.2 Å². The van der Waals surface area contributed by atoms with Gasteiger partial charge in [-0.1, -0.05) is 0 Å². The molecule has 4 nitrogen and oxygen atoms in total. The minimum absolute atomic E-state index is 0.145. The van der Waals surface area contributed by atoms with Crippen molar-refractivity contribution in [1.29, 1.82) is 0 Å². The van der Waals surface area contributed by atoms with E-state index in [0.29, 0.717) is 5.52 Å². The summed E-state index contributed by atoms with van der Waals surface area (Å²) in [5, 5.41) is 0. The van der Waals surface area contributed by atoms with Gasteiger partial charge in [-0.05, 0) is 0 Å². The number of H-pyrrole nitrogens is 1. The Hall–Kier alpha value is -1.66. The summed E-state index contributed by atoms with van der Waals surface area (Å²) in [6.07, 6.45) is -2.72. The number of aromatic nitrogens is 4. The minimum atomic E-state index is -4.26. The average Bonchev–Trinajstić information content (AvgIpc) is 2.42. The van der Waals surface area contributed by atoms with Crippen molar-refractivity contribution in [3.8, 4) is 0 Å². The third-order valence-corrected chi connectivity index (χ3v) is 1.58. The molecule has 2 rings (SSSR count). The molecule has 0 radical (unpaired) electrons. The number of rotatable bonds is 1. The summed E-state index contributed by atoms with van der Waals surface area (Å²) in [5.74, 6) is -0.145. The molecule has 0 aliphatic carbocycles. The van der Waals surface area contributed by atoms with Crippen LogP contribution in [0.3, 0.4) is 0 Å². The van der Waals surface area contributed by atoms with Crippen molar-refractivity contribution in [2.24, 2.45) is 0 Å². The third-order valence-electron chi connectivity index (χ3n) is 1.58. The Balaban J connectivity index is 2.36. The van der Waals surface area contributed by atoms with Crippen LogP contribution in [0.1, 0.15) is 5.82 Å². The van der Waals surface area contributed by atoms with Crippen LogP contribution in [0.5, 0.6) is 0 Å². The fourth-order valence-electron chi connectivity index (χ4n) is 1.09. The molecule has 0 atom stereocenters. The van der Waals surface area contributed by atoms with Crippen molar-refractivity contribution in [2.75, 3.05) is 0 Å². The average molecular weight is 202 g/mol. The topological polar surface area (TPSA) is 54.5 Å². The Bertz CT molecular complexity index is 414. The fourth-order valence-corrected chi connectivity index (χ4v) is 1.09. The van der Waals surface area contributed by atoms with Gasteiger partial charge in [-0.25, -0.2) is 15.0 Å². The van der Waals surface area contributed by atoms with Gasteiger partial charge in [0.1, 0.15) is 24.1 Å². The van der Waals surface area contributed by atoms with Gasteiger partial charge in [-0.3, -0.25) is 0 Å². The molecule has 0 aliphatic heterocycles. The number of fused-ring (bicyclic) bond motifs is 1. The highest BCUT2D eigenvalue weighted by atomic mass is 19.4. The molecule has 2 aromatic rings. The smallest absolute Gasteiger partial charge is 0.339 e. The van der Waals surface area contributed by atoms with Gasteiger partial charge >= 0.3 is 6.18 Å². The van der Waals surface area contributed by atoms with Crippen LogP contribution < -0.4 is 0 Å². The molecule has 74 valence electrons. The zero-order valence-electron chi connectivity index (χ0n) is 6.84. The standard InChI is InChI=1S/C7H5F3N4/c8-7(9,10)1-5-13-4-2-11-3-12-6(4)14-5/h2-3H,1H2,(H,11,12,13,14). The number of nitrogens with one attached hydrogen (secondary N) is 1. The van der Waals surface area contributed by atoms with Crippen LogP contribution in [0.2, 0.25) is 0 Å². The molecule has 0 saturated heterocycles. The molecule has 0 amide bonds. The Kier molecular flexibility index (Phi) is 1.87. The van der Waals surface area contributed by atoms with E-state index < -0.39 is 12.6 Å². The second kappa shape index (κ2) is 2.93. The van der Waals surface area contributed by atoms with Crippen LogP contribution in [-0.4, -0.2) is 26.1 Å². The Labute approximate surface area is 76.2 Å². The summed E-state index contributed by atoms with van der Waals surface area (Å²) in [6, 6.07) is 0. The molecule has 0 bridgehead atoms. The maximum atomic E-state index is 12.0. The number of imidazole rings is 1. The van der Waals surface area contributed by atoms with Gasteiger partial charge in [0, 0.05) is 0 Å². The second-order valence-electron chi connectivity index (χ2n) is 2.74. The van der Waals surface area contributed by atoms with Gasteiger partial charge in [0.25, 0.3) is 0 Å². The fraction of sp³-hybridized carbons (Fsp3) is 0.286. The summed E-state index contributed by atoms with van der Waals surface area (Å²) < 4.78 is 35.9. The summed E-state index contributed by atoms with van der Waals surface area (Å²) in [5.41, 5.74) is 0.658. The van der Waals surface area contributed by atoms with E-state index in [-0.39, 0.29) is 11.5 Å². The number of hydrogen-bond donors (Lipinski definition) is 1. The van der Waals surface area contributed by atoms with Crippen molar-refractivity contribution in [3.05, 3.63) is 18.3 Å². The Morgan fingerprint density at radius 1 is 1.36 bits per heavy atom. The van der Waals surface area contributed by atoms with Gasteiger partial charge in [0.05, 0.1) is 6.20 Å². The number of alkyl halides is 3. The number of nitrogens with zero attached hydrogens (tertiary/aromatic N) is 3. The molecule has 0 aromatic carbocycles. The molecule has 7 heteroatoms. The summed E-state index contributed by atoms with van der Waals surface area (Å²) in [7, 11) is 0. The molecular weight excluding hydrogens is 197 g/mol. The molecule has 1 N–H and O–H groups in total. The van der Waals surface area contributed by atoms with Crippen LogP contribution in [0.15, 0.2) is 12.5 Å². The largest absolute Gasteiger partial charge is 0.396 e. The normalized spacial score (nSPS) is 12.2. The van der Waals surface area contributed by atoms with Crippen LogP contribution in [0, 0.1) is 0 Å². The van der Waals surface area contributed by atoms with Gasteiger partial charge in [-0.15, -0.1) is 0 Å². The SMILES string of the molecule is FC(F)(F)Cc1nc2ncncc2[nH]1. The van der Waals surface area contributed by atoms with Crippen LogP contribution in [0.25, 0.3) is 11.2 Å². The van der Waals surface area contributed by atoms with Crippen molar-refractivity contribution in [2.45, 2.75) is 12.6 Å². The van der Waals surface area contributed by atoms with Crippen molar-refractivity contribution < 1.29 is 13.2 Å². The maximum Gasteiger partial charge on any atom is 0.396 e. The first-order chi connectivity index (χ1) is 6.54. The highest BCUT2D eigenvalue weighted by Crippen LogP contribution is 2.20. The van der Waals surface area contributed by atoms with Crippen molar-refractivity contribution in [3.63, 3.8) is 0 Å². The number of aromatic amines is 1. The predicted octanol–water partition coefficient (Wildman–Crippen LogP) is 1.46. The lowest BCUT2D eigenvalue weighted by atomic mass is 10.4. The Morgan fingerprint density at radius 3 is 2.79 bits per heavy atom. The number of halogens is 3. The second-order valence-corrected chi connectivity index (χ2v) is 2.74. The van der Waals surface area contributed by atoms with E-state index in [1.54, 1.807) is 0 Å². The van der Waals surface area contributed by atoms with Crippen molar-refractivity contribution in [1.82, 2.24) is 19.9 Å². The summed E-state index contributed by atoms with van der Waals surface area (Å²) in [4.78, 5) is 13.5. The highest BCUT2D eigenvalue weighted by Gasteiger charge is 2.29. The van der Waals surface area contributed by atoms with Gasteiger partial charge < -0.3 is 4.98 Å². The lowest BCUT2D eigenvalue weighted by Crippen LogP contribution is -2.12. The van der Waals surface area contributed by atoms with Crippen molar-refractivity contribution >= 4 is 11.2 Å². The number of hydrogen-bond acceptors (Lipinski definition) is 3. The molecule has 0 spiro atoms. The van der Waals surface area contributed by atoms with Gasteiger partial charge in [0.15, 0.2) is 5.65 Å². The van der Waals surface area contributed by atoms with Gasteiger partial charge in [-0.2, -0.15) is 13.2 Å². The lowest BCUT2D eigenvalue weighted by Gasteiger charge is -2.01. The first-order valence-corrected chi connectivity index (χ1v) is 3.76. The zero-order chi connectivity index (χ0) is 10.2. The third kappa shape index (κ3) is 1.81. The van der Waals surface area contributed by atoms with E-state index in [9.17, 15) is 13.2 Å². The molecule has 14 heavy (non-hydrogen) atoms. The van der Waals surface area contributed by atoms with Gasteiger partial charge in [0.2, 0.25) is 0 Å². The molecule has 2 heterocycles. The quantitative estimate of drug-likeness (QED) is 0.761. The van der Waals surface area contributed by atoms with Crippen LogP contribution >= 0.6 is 0 Å². The molecule has 0 saturated carbocycles. The molecular formula is C7H5F3N4. The van der Waals surface area contributed by atoms with E-state index in [2.05, 4.69) is 19.9 Å². The predicted molar refractivity (Wildman–Crippen MR) is 41.4 cm³/mol. The first kappa shape index (κ1) is 8.92. The summed E-state index contributed by atoms with van der Waals surface area (Å²) in [6.45, 7) is 0. The van der Waals surface area contributed by atoms with E-state index in [4.69, 9.17) is 0 Å². The molecule has 0 fully saturated rings. The Morgan fingerprint density at radius 2 is 2.14 bits per heavy atom. The van der Waals surface area contributed by atoms with E-state index >= 15 is 0 Å².